The Morgan fingerprint density at radius 1 is 1.50 bits per heavy atom. The van der Waals surface area contributed by atoms with Crippen LogP contribution in [-0.4, -0.2) is 18.8 Å². The summed E-state index contributed by atoms with van der Waals surface area (Å²) in [5.41, 5.74) is 1.11. The number of hydrogen-bond acceptors (Lipinski definition) is 2. The lowest BCUT2D eigenvalue weighted by atomic mass is 10.3. The maximum atomic E-state index is 11.0. The highest BCUT2D eigenvalue weighted by atomic mass is 16.1. The fraction of sp³-hybridized carbons (Fsp3) is 0.444. The summed E-state index contributed by atoms with van der Waals surface area (Å²) in [6.45, 7) is 2.04. The fourth-order valence-electron chi connectivity index (χ4n) is 1.17. The molecule has 0 atom stereocenters. The Morgan fingerprint density at radius 3 is 2.67 bits per heavy atom. The van der Waals surface area contributed by atoms with Gasteiger partial charge in [0, 0.05) is 38.1 Å². The van der Waals surface area contributed by atoms with Gasteiger partial charge in [0.05, 0.1) is 0 Å². The topological polar surface area (TPSA) is 25.2 Å². The molecule has 0 radical (unpaired) electrons. The van der Waals surface area contributed by atoms with Crippen LogP contribution in [0.4, 0.5) is 0 Å². The Balaban J connectivity index is 3.20. The van der Waals surface area contributed by atoms with Crippen LogP contribution in [0.5, 0.6) is 0 Å². The van der Waals surface area contributed by atoms with Gasteiger partial charge >= 0.3 is 0 Å². The molecule has 1 heterocycles. The third kappa shape index (κ3) is 1.67. The fourth-order valence-corrected chi connectivity index (χ4v) is 1.17. The van der Waals surface area contributed by atoms with Gasteiger partial charge in [-0.05, 0) is 6.42 Å². The highest BCUT2D eigenvalue weighted by Crippen LogP contribution is 1.96. The molecular formula is C9H14N2O. The third-order valence-corrected chi connectivity index (χ3v) is 1.78. The molecule has 0 unspecified atom stereocenters. The summed E-state index contributed by atoms with van der Waals surface area (Å²) in [5.74, 6) is 0. The number of aryl methyl sites for hydroxylation is 1. The van der Waals surface area contributed by atoms with Gasteiger partial charge in [0.25, 0.3) is 0 Å². The van der Waals surface area contributed by atoms with Crippen LogP contribution in [0.2, 0.25) is 0 Å². The lowest BCUT2D eigenvalue weighted by molar-refractivity contribution is 0.681. The van der Waals surface area contributed by atoms with E-state index >= 15 is 0 Å². The van der Waals surface area contributed by atoms with E-state index in [4.69, 9.17) is 0 Å². The number of aromatic nitrogens is 1. The van der Waals surface area contributed by atoms with Gasteiger partial charge in [0.15, 0.2) is 5.43 Å². The molecular weight excluding hydrogens is 152 g/mol. The largest absolute Gasteiger partial charge is 0.319 e. The standard InChI is InChI=1S/C9H14N2O/c1-4-8-7-9(12)5-6-11(8)10(2)3/h5-7H,4H2,1-3H3. The number of hydrogen-bond donors (Lipinski definition) is 0. The van der Waals surface area contributed by atoms with Crippen LogP contribution < -0.4 is 10.4 Å². The van der Waals surface area contributed by atoms with Crippen molar-refractivity contribution in [2.75, 3.05) is 19.1 Å². The first-order valence-corrected chi connectivity index (χ1v) is 4.04. The smallest absolute Gasteiger partial charge is 0.181 e. The third-order valence-electron chi connectivity index (χ3n) is 1.78. The Kier molecular flexibility index (Phi) is 2.53. The lowest BCUT2D eigenvalue weighted by Crippen LogP contribution is -2.28. The molecule has 1 rings (SSSR count). The number of rotatable bonds is 2. The van der Waals surface area contributed by atoms with E-state index in [1.165, 1.54) is 0 Å². The zero-order chi connectivity index (χ0) is 9.14. The van der Waals surface area contributed by atoms with Gasteiger partial charge in [-0.2, -0.15) is 0 Å². The SMILES string of the molecule is CCc1cc(=O)ccn1N(C)C. The monoisotopic (exact) mass is 166 g/mol. The molecule has 66 valence electrons. The zero-order valence-electron chi connectivity index (χ0n) is 7.74. The molecule has 3 heteroatoms. The summed E-state index contributed by atoms with van der Waals surface area (Å²) in [5, 5.41) is 1.94. The van der Waals surface area contributed by atoms with Gasteiger partial charge in [-0.25, -0.2) is 0 Å². The van der Waals surface area contributed by atoms with Gasteiger partial charge in [0.1, 0.15) is 0 Å². The van der Waals surface area contributed by atoms with E-state index < -0.39 is 0 Å². The minimum Gasteiger partial charge on any atom is -0.319 e. The van der Waals surface area contributed by atoms with Crippen molar-refractivity contribution < 1.29 is 0 Å². The average Bonchev–Trinajstić information content (AvgIpc) is 2.03. The minimum atomic E-state index is 0.0740. The molecule has 0 N–H and O–H groups in total. The molecule has 1 aromatic heterocycles. The summed E-state index contributed by atoms with van der Waals surface area (Å²) in [6, 6.07) is 3.24. The number of pyridine rings is 1. The molecule has 0 aliphatic heterocycles. The summed E-state index contributed by atoms with van der Waals surface area (Å²) in [6.07, 6.45) is 2.66. The molecule has 0 spiro atoms. The van der Waals surface area contributed by atoms with Crippen molar-refractivity contribution in [3.05, 3.63) is 34.2 Å². The van der Waals surface area contributed by atoms with Gasteiger partial charge < -0.3 is 5.01 Å². The first-order valence-electron chi connectivity index (χ1n) is 4.04. The molecule has 0 saturated carbocycles. The van der Waals surface area contributed by atoms with Crippen LogP contribution in [0.25, 0.3) is 0 Å². The summed E-state index contributed by atoms with van der Waals surface area (Å²) in [7, 11) is 3.90. The predicted octanol–water partition coefficient (Wildman–Crippen LogP) is 0.608. The second-order valence-corrected chi connectivity index (χ2v) is 2.90. The van der Waals surface area contributed by atoms with Crippen molar-refractivity contribution in [3.8, 4) is 0 Å². The highest BCUT2D eigenvalue weighted by molar-refractivity contribution is 5.08. The highest BCUT2D eigenvalue weighted by Gasteiger charge is 1.98. The van der Waals surface area contributed by atoms with Crippen LogP contribution in [0.15, 0.2) is 23.1 Å². The lowest BCUT2D eigenvalue weighted by Gasteiger charge is -2.20. The molecule has 3 nitrogen and oxygen atoms in total. The van der Waals surface area contributed by atoms with Crippen molar-refractivity contribution in [2.24, 2.45) is 0 Å². The molecule has 0 fully saturated rings. The molecule has 0 bridgehead atoms. The molecule has 0 amide bonds. The molecule has 0 aromatic carbocycles. The van der Waals surface area contributed by atoms with Crippen molar-refractivity contribution in [1.82, 2.24) is 4.68 Å². The van der Waals surface area contributed by atoms with Crippen molar-refractivity contribution in [2.45, 2.75) is 13.3 Å². The average molecular weight is 166 g/mol. The quantitative estimate of drug-likeness (QED) is 0.643. The molecule has 0 aliphatic carbocycles. The maximum Gasteiger partial charge on any atom is 0.181 e. The Labute approximate surface area is 72.2 Å². The first kappa shape index (κ1) is 8.84. The van der Waals surface area contributed by atoms with E-state index in [0.29, 0.717) is 0 Å². The van der Waals surface area contributed by atoms with E-state index in [-0.39, 0.29) is 5.43 Å². The Bertz CT molecular complexity index is 315. The van der Waals surface area contributed by atoms with E-state index in [9.17, 15) is 4.79 Å². The molecule has 1 aromatic rings. The van der Waals surface area contributed by atoms with Gasteiger partial charge in [0.2, 0.25) is 0 Å². The van der Waals surface area contributed by atoms with E-state index in [1.807, 2.05) is 30.7 Å². The maximum absolute atomic E-state index is 11.0. The van der Waals surface area contributed by atoms with Crippen LogP contribution in [0, 0.1) is 0 Å². The zero-order valence-corrected chi connectivity index (χ0v) is 7.74. The van der Waals surface area contributed by atoms with Gasteiger partial charge in [-0.3, -0.25) is 9.47 Å². The van der Waals surface area contributed by atoms with Crippen LogP contribution >= 0.6 is 0 Å². The molecule has 0 aliphatic rings. The normalized spacial score (nSPS) is 9.92. The second kappa shape index (κ2) is 3.43. The van der Waals surface area contributed by atoms with E-state index in [2.05, 4.69) is 0 Å². The number of nitrogens with zero attached hydrogens (tertiary/aromatic N) is 2. The first-order chi connectivity index (χ1) is 5.65. The molecule has 0 saturated heterocycles. The van der Waals surface area contributed by atoms with Gasteiger partial charge in [-0.1, -0.05) is 6.92 Å². The van der Waals surface area contributed by atoms with Crippen LogP contribution in [0.3, 0.4) is 0 Å². The minimum absolute atomic E-state index is 0.0740. The van der Waals surface area contributed by atoms with Gasteiger partial charge in [-0.15, -0.1) is 0 Å². The summed E-state index contributed by atoms with van der Waals surface area (Å²) < 4.78 is 1.96. The van der Waals surface area contributed by atoms with E-state index in [1.54, 1.807) is 18.3 Å². The van der Waals surface area contributed by atoms with Crippen LogP contribution in [-0.2, 0) is 6.42 Å². The Hall–Kier alpha value is -1.25. The Morgan fingerprint density at radius 2 is 2.17 bits per heavy atom. The molecule has 12 heavy (non-hydrogen) atoms. The van der Waals surface area contributed by atoms with E-state index in [0.717, 1.165) is 12.1 Å². The van der Waals surface area contributed by atoms with Crippen LogP contribution in [0.1, 0.15) is 12.6 Å². The predicted molar refractivity (Wildman–Crippen MR) is 50.1 cm³/mol. The summed E-state index contributed by atoms with van der Waals surface area (Å²) in [4.78, 5) is 11.0. The van der Waals surface area contributed by atoms with Crippen molar-refractivity contribution in [1.29, 1.82) is 0 Å². The van der Waals surface area contributed by atoms with Crippen molar-refractivity contribution in [3.63, 3.8) is 0 Å². The van der Waals surface area contributed by atoms with Crippen molar-refractivity contribution >= 4 is 0 Å². The summed E-state index contributed by atoms with van der Waals surface area (Å²) >= 11 is 0. The second-order valence-electron chi connectivity index (χ2n) is 2.90.